The van der Waals surface area contributed by atoms with E-state index in [2.05, 4.69) is 5.16 Å². The lowest BCUT2D eigenvalue weighted by molar-refractivity contribution is -0.116. The highest BCUT2D eigenvalue weighted by atomic mass is 16.6. The molecule has 2 rings (SSSR count). The molecule has 0 heterocycles. The molecule has 0 bridgehead atoms. The zero-order chi connectivity index (χ0) is 21.7. The van der Waals surface area contributed by atoms with Gasteiger partial charge in [0.05, 0.1) is 11.3 Å². The van der Waals surface area contributed by atoms with Crippen LogP contribution in [0.5, 0.6) is 0 Å². The number of rotatable bonds is 8. The highest BCUT2D eigenvalue weighted by molar-refractivity contribution is 6.23. The van der Waals surface area contributed by atoms with Crippen molar-refractivity contribution in [1.82, 2.24) is 0 Å². The van der Waals surface area contributed by atoms with Crippen LogP contribution in [0.15, 0.2) is 22.6 Å². The van der Waals surface area contributed by atoms with E-state index in [4.69, 9.17) is 4.84 Å². The van der Waals surface area contributed by atoms with Gasteiger partial charge in [0.25, 0.3) is 0 Å². The molecule has 1 atom stereocenters. The molecular formula is C24H33NO4. The first-order chi connectivity index (χ1) is 13.8. The largest absolute Gasteiger partial charge is 0.511 e. The van der Waals surface area contributed by atoms with Crippen LogP contribution < -0.4 is 0 Å². The maximum absolute atomic E-state index is 12.9. The molecule has 1 aromatic carbocycles. The average Bonchev–Trinajstić information content (AvgIpc) is 2.63. The lowest BCUT2D eigenvalue weighted by atomic mass is 9.76. The smallest absolute Gasteiger partial charge is 0.168 e. The van der Waals surface area contributed by atoms with Gasteiger partial charge in [0.1, 0.15) is 12.4 Å². The van der Waals surface area contributed by atoms with Gasteiger partial charge in [-0.1, -0.05) is 25.1 Å². The molecule has 29 heavy (non-hydrogen) atoms. The van der Waals surface area contributed by atoms with Gasteiger partial charge >= 0.3 is 0 Å². The summed E-state index contributed by atoms with van der Waals surface area (Å²) in [7, 11) is 0. The number of aryl methyl sites for hydroxylation is 2. The van der Waals surface area contributed by atoms with Crippen molar-refractivity contribution >= 4 is 17.3 Å². The SMILES string of the molecule is CCCC(=O)c1c(C)cc(C)c([C@H]2CC(=O)C(C(CC)=NOCC)=C(O)C2)c1C. The summed E-state index contributed by atoms with van der Waals surface area (Å²) in [6.45, 7) is 12.1. The number of hydrogen-bond donors (Lipinski definition) is 1. The Kier molecular flexibility index (Phi) is 7.77. The zero-order valence-electron chi connectivity index (χ0n) is 18.5. The van der Waals surface area contributed by atoms with E-state index in [9.17, 15) is 14.7 Å². The Morgan fingerprint density at radius 3 is 2.41 bits per heavy atom. The summed E-state index contributed by atoms with van der Waals surface area (Å²) in [6.07, 6.45) is 2.47. The second-order valence-corrected chi connectivity index (χ2v) is 7.76. The molecule has 158 valence electrons. The third-order valence-electron chi connectivity index (χ3n) is 5.56. The van der Waals surface area contributed by atoms with Crippen LogP contribution in [0.3, 0.4) is 0 Å². The number of nitrogens with zero attached hydrogens (tertiary/aromatic N) is 1. The normalized spacial score (nSPS) is 17.7. The van der Waals surface area contributed by atoms with Gasteiger partial charge in [-0.05, 0) is 68.7 Å². The van der Waals surface area contributed by atoms with E-state index in [-0.39, 0.29) is 29.7 Å². The zero-order valence-corrected chi connectivity index (χ0v) is 18.5. The van der Waals surface area contributed by atoms with Crippen molar-refractivity contribution in [1.29, 1.82) is 0 Å². The molecule has 1 aliphatic carbocycles. The van der Waals surface area contributed by atoms with Crippen molar-refractivity contribution in [3.63, 3.8) is 0 Å². The minimum Gasteiger partial charge on any atom is -0.511 e. The first kappa shape index (κ1) is 22.9. The van der Waals surface area contributed by atoms with Crippen LogP contribution in [0.4, 0.5) is 0 Å². The number of hydrogen-bond acceptors (Lipinski definition) is 5. The molecule has 0 spiro atoms. The number of ketones is 2. The molecule has 0 unspecified atom stereocenters. The van der Waals surface area contributed by atoms with Crippen molar-refractivity contribution in [2.75, 3.05) is 6.61 Å². The van der Waals surface area contributed by atoms with Gasteiger partial charge in [0.15, 0.2) is 11.6 Å². The minimum absolute atomic E-state index is 0.0624. The van der Waals surface area contributed by atoms with E-state index in [1.54, 1.807) is 0 Å². The number of benzene rings is 1. The Morgan fingerprint density at radius 2 is 1.86 bits per heavy atom. The van der Waals surface area contributed by atoms with Gasteiger partial charge < -0.3 is 9.94 Å². The molecule has 0 amide bonds. The van der Waals surface area contributed by atoms with Crippen molar-refractivity contribution in [2.24, 2.45) is 5.16 Å². The van der Waals surface area contributed by atoms with Crippen LogP contribution in [0.25, 0.3) is 0 Å². The molecule has 0 saturated carbocycles. The molecule has 0 saturated heterocycles. The first-order valence-corrected chi connectivity index (χ1v) is 10.5. The number of carbonyl (C=O) groups is 2. The van der Waals surface area contributed by atoms with Gasteiger partial charge in [0.2, 0.25) is 0 Å². The van der Waals surface area contributed by atoms with E-state index >= 15 is 0 Å². The van der Waals surface area contributed by atoms with E-state index in [0.717, 1.165) is 34.2 Å². The summed E-state index contributed by atoms with van der Waals surface area (Å²) in [5, 5.41) is 14.7. The van der Waals surface area contributed by atoms with Crippen LogP contribution >= 0.6 is 0 Å². The maximum atomic E-state index is 12.9. The molecule has 0 fully saturated rings. The third kappa shape index (κ3) is 4.77. The fourth-order valence-electron chi connectivity index (χ4n) is 4.47. The molecule has 5 heteroatoms. The van der Waals surface area contributed by atoms with Crippen LogP contribution in [-0.2, 0) is 9.63 Å². The molecule has 1 N–H and O–H groups in total. The molecule has 0 radical (unpaired) electrons. The monoisotopic (exact) mass is 399 g/mol. The lowest BCUT2D eigenvalue weighted by Crippen LogP contribution is -2.25. The molecule has 5 nitrogen and oxygen atoms in total. The molecule has 0 aromatic heterocycles. The molecule has 1 aromatic rings. The Bertz CT molecular complexity index is 864. The second-order valence-electron chi connectivity index (χ2n) is 7.76. The van der Waals surface area contributed by atoms with E-state index in [0.29, 0.717) is 37.2 Å². The number of aliphatic hydroxyl groups excluding tert-OH is 1. The van der Waals surface area contributed by atoms with Crippen molar-refractivity contribution in [2.45, 2.75) is 79.6 Å². The van der Waals surface area contributed by atoms with Gasteiger partial charge in [-0.2, -0.15) is 0 Å². The highest BCUT2D eigenvalue weighted by Gasteiger charge is 2.33. The summed E-state index contributed by atoms with van der Waals surface area (Å²) >= 11 is 0. The quantitative estimate of drug-likeness (QED) is 0.348. The number of allylic oxidation sites excluding steroid dienone is 2. The fourth-order valence-corrected chi connectivity index (χ4v) is 4.47. The van der Waals surface area contributed by atoms with Crippen LogP contribution in [0.1, 0.15) is 91.4 Å². The van der Waals surface area contributed by atoms with E-state index in [1.807, 2.05) is 47.6 Å². The van der Waals surface area contributed by atoms with E-state index in [1.165, 1.54) is 0 Å². The summed E-state index contributed by atoms with van der Waals surface area (Å²) in [4.78, 5) is 30.7. The third-order valence-corrected chi connectivity index (χ3v) is 5.56. The summed E-state index contributed by atoms with van der Waals surface area (Å²) in [6, 6.07) is 2.03. The van der Waals surface area contributed by atoms with Crippen molar-refractivity contribution in [3.8, 4) is 0 Å². The Labute approximate surface area is 173 Å². The summed E-state index contributed by atoms with van der Waals surface area (Å²) in [5.41, 5.74) is 5.53. The predicted molar refractivity (Wildman–Crippen MR) is 116 cm³/mol. The van der Waals surface area contributed by atoms with Crippen LogP contribution in [0, 0.1) is 20.8 Å². The number of oxime groups is 1. The van der Waals surface area contributed by atoms with E-state index < -0.39 is 0 Å². The minimum atomic E-state index is -0.148. The van der Waals surface area contributed by atoms with Gasteiger partial charge in [-0.3, -0.25) is 9.59 Å². The van der Waals surface area contributed by atoms with Crippen LogP contribution in [-0.4, -0.2) is 29.0 Å². The average molecular weight is 400 g/mol. The Morgan fingerprint density at radius 1 is 1.17 bits per heavy atom. The maximum Gasteiger partial charge on any atom is 0.168 e. The Balaban J connectivity index is 2.49. The standard InChI is InChI=1S/C24H33NO4/c1-7-10-19(26)23-15(5)11-14(4)22(16(23)6)17-12-20(27)24(21(28)13-17)18(8-2)25-29-9-3/h11,17,27H,7-10,12-13H2,1-6H3/t17-/m1/s1. The number of carbonyl (C=O) groups excluding carboxylic acids is 2. The van der Waals surface area contributed by atoms with Gasteiger partial charge in [-0.15, -0.1) is 0 Å². The first-order valence-electron chi connectivity index (χ1n) is 10.5. The van der Waals surface area contributed by atoms with Gasteiger partial charge in [0, 0.05) is 24.8 Å². The van der Waals surface area contributed by atoms with Crippen molar-refractivity contribution < 1.29 is 19.5 Å². The fraction of sp³-hybridized carbons (Fsp3) is 0.542. The van der Waals surface area contributed by atoms with Crippen LogP contribution in [0.2, 0.25) is 0 Å². The molecule has 1 aliphatic rings. The number of aliphatic hydroxyl groups is 1. The van der Waals surface area contributed by atoms with Gasteiger partial charge in [-0.25, -0.2) is 0 Å². The molecular weight excluding hydrogens is 366 g/mol. The summed E-state index contributed by atoms with van der Waals surface area (Å²) < 4.78 is 0. The Hall–Kier alpha value is -2.43. The van der Waals surface area contributed by atoms with Crippen molar-refractivity contribution in [3.05, 3.63) is 45.2 Å². The molecule has 0 aliphatic heterocycles. The predicted octanol–water partition coefficient (Wildman–Crippen LogP) is 5.66. The highest BCUT2D eigenvalue weighted by Crippen LogP contribution is 2.39. The second kappa shape index (κ2) is 9.86. The topological polar surface area (TPSA) is 76.0 Å². The number of Topliss-reactive ketones (excluding diaryl/α,β-unsaturated/α-hetero) is 2. The summed E-state index contributed by atoms with van der Waals surface area (Å²) in [5.74, 6) is -0.0686. The lowest BCUT2D eigenvalue weighted by Gasteiger charge is -2.28.